The van der Waals surface area contributed by atoms with Crippen molar-refractivity contribution in [1.29, 1.82) is 5.26 Å². The summed E-state index contributed by atoms with van der Waals surface area (Å²) in [5, 5.41) is 19.9. The van der Waals surface area contributed by atoms with Crippen LogP contribution >= 0.6 is 0 Å². The molecule has 0 amide bonds. The number of ketones is 1. The molecule has 0 aliphatic heterocycles. The summed E-state index contributed by atoms with van der Waals surface area (Å²) >= 11 is 0. The normalized spacial score (nSPS) is 11.4. The highest BCUT2D eigenvalue weighted by Gasteiger charge is 2.28. The molecular weight excluding hydrogens is 264 g/mol. The lowest BCUT2D eigenvalue weighted by atomic mass is 10.0. The van der Waals surface area contributed by atoms with E-state index in [-0.39, 0.29) is 17.9 Å². The fourth-order valence-corrected chi connectivity index (χ4v) is 1.55. The molecule has 7 nitrogen and oxygen atoms in total. The maximum atomic E-state index is 12.2. The van der Waals surface area contributed by atoms with Crippen LogP contribution in [0.1, 0.15) is 23.7 Å². The maximum absolute atomic E-state index is 12.2. The van der Waals surface area contributed by atoms with Crippen molar-refractivity contribution in [3.63, 3.8) is 0 Å². The summed E-state index contributed by atoms with van der Waals surface area (Å²) in [6.45, 7) is 2.05. The molecule has 1 atom stereocenters. The van der Waals surface area contributed by atoms with Gasteiger partial charge in [-0.25, -0.2) is 0 Å². The van der Waals surface area contributed by atoms with E-state index >= 15 is 0 Å². The van der Waals surface area contributed by atoms with Gasteiger partial charge < -0.3 is 9.47 Å². The van der Waals surface area contributed by atoms with Crippen LogP contribution in [0.5, 0.6) is 5.75 Å². The molecule has 0 spiro atoms. The number of hydrogen-bond donors (Lipinski definition) is 0. The number of carbonyl (C=O) groups is 1. The van der Waals surface area contributed by atoms with E-state index in [9.17, 15) is 14.9 Å². The van der Waals surface area contributed by atoms with Crippen LogP contribution < -0.4 is 4.74 Å². The molecule has 1 aromatic rings. The van der Waals surface area contributed by atoms with Gasteiger partial charge in [0.25, 0.3) is 5.69 Å². The second-order valence-electron chi connectivity index (χ2n) is 3.88. The number of nitriles is 1. The fraction of sp³-hybridized carbons (Fsp3) is 0.385. The first-order valence-corrected chi connectivity index (χ1v) is 5.93. The number of Topliss-reactive ketones (excluding diaryl/α,β-unsaturated/α-hetero) is 1. The summed E-state index contributed by atoms with van der Waals surface area (Å²) in [5.41, 5.74) is -0.576. The highest BCUT2D eigenvalue weighted by molar-refractivity contribution is 6.04. The minimum Gasteiger partial charge on any atom is -0.497 e. The van der Waals surface area contributed by atoms with E-state index in [1.807, 2.05) is 6.92 Å². The number of nitro benzene ring substituents is 1. The molecule has 0 bridgehead atoms. The van der Waals surface area contributed by atoms with E-state index < -0.39 is 16.8 Å². The number of nitro groups is 1. The second-order valence-corrected chi connectivity index (χ2v) is 3.88. The van der Waals surface area contributed by atoms with Gasteiger partial charge in [-0.15, -0.1) is 0 Å². The number of carbonyl (C=O) groups excluding carboxylic acids is 1. The molecular formula is C13H14N2O5. The van der Waals surface area contributed by atoms with Crippen molar-refractivity contribution < 1.29 is 19.2 Å². The molecule has 7 heteroatoms. The molecule has 0 radical (unpaired) electrons. The topological polar surface area (TPSA) is 102 Å². The standard InChI is InChI=1S/C13H14N2O5/c1-3-6-20-12(8-14)13(16)10-7-9(19-2)4-5-11(10)15(17)18/h4-5,7,12H,3,6H2,1-2H3. The Morgan fingerprint density at radius 3 is 2.75 bits per heavy atom. The number of benzene rings is 1. The Morgan fingerprint density at radius 2 is 2.25 bits per heavy atom. The Balaban J connectivity index is 3.18. The minimum absolute atomic E-state index is 0.197. The lowest BCUT2D eigenvalue weighted by Gasteiger charge is -2.10. The monoisotopic (exact) mass is 278 g/mol. The highest BCUT2D eigenvalue weighted by atomic mass is 16.6. The number of ether oxygens (including phenoxy) is 2. The van der Waals surface area contributed by atoms with Crippen LogP contribution in [-0.2, 0) is 4.74 Å². The van der Waals surface area contributed by atoms with Gasteiger partial charge in [0, 0.05) is 12.7 Å². The fourth-order valence-electron chi connectivity index (χ4n) is 1.55. The van der Waals surface area contributed by atoms with Crippen molar-refractivity contribution in [3.8, 4) is 11.8 Å². The molecule has 0 saturated heterocycles. The number of methoxy groups -OCH3 is 1. The van der Waals surface area contributed by atoms with E-state index in [0.717, 1.165) is 0 Å². The van der Waals surface area contributed by atoms with Gasteiger partial charge in [0.1, 0.15) is 17.4 Å². The zero-order valence-corrected chi connectivity index (χ0v) is 11.2. The first-order valence-electron chi connectivity index (χ1n) is 5.93. The van der Waals surface area contributed by atoms with Gasteiger partial charge in [0.05, 0.1) is 12.0 Å². The predicted octanol–water partition coefficient (Wildman–Crippen LogP) is 2.10. The Hall–Kier alpha value is -2.46. The van der Waals surface area contributed by atoms with Crippen molar-refractivity contribution in [2.24, 2.45) is 0 Å². The van der Waals surface area contributed by atoms with Crippen molar-refractivity contribution >= 4 is 11.5 Å². The van der Waals surface area contributed by atoms with Gasteiger partial charge in [-0.2, -0.15) is 5.26 Å². The Morgan fingerprint density at radius 1 is 1.55 bits per heavy atom. The molecule has 0 aliphatic carbocycles. The summed E-state index contributed by atoms with van der Waals surface area (Å²) < 4.78 is 10.0. The van der Waals surface area contributed by atoms with Crippen LogP contribution in [0, 0.1) is 21.4 Å². The van der Waals surface area contributed by atoms with Gasteiger partial charge in [-0.05, 0) is 18.6 Å². The van der Waals surface area contributed by atoms with Crippen LogP contribution in [0.4, 0.5) is 5.69 Å². The predicted molar refractivity (Wildman–Crippen MR) is 69.6 cm³/mol. The minimum atomic E-state index is -1.36. The number of hydrogen-bond acceptors (Lipinski definition) is 6. The van der Waals surface area contributed by atoms with Gasteiger partial charge >= 0.3 is 0 Å². The van der Waals surface area contributed by atoms with E-state index in [2.05, 4.69) is 0 Å². The van der Waals surface area contributed by atoms with Crippen LogP contribution in [0.2, 0.25) is 0 Å². The average molecular weight is 278 g/mol. The smallest absolute Gasteiger partial charge is 0.280 e. The average Bonchev–Trinajstić information content (AvgIpc) is 2.46. The number of nitrogens with zero attached hydrogens (tertiary/aromatic N) is 2. The molecule has 0 fully saturated rings. The van der Waals surface area contributed by atoms with Crippen LogP contribution in [-0.4, -0.2) is 30.5 Å². The van der Waals surface area contributed by atoms with Crippen molar-refractivity contribution in [2.75, 3.05) is 13.7 Å². The summed E-state index contributed by atoms with van der Waals surface area (Å²) in [7, 11) is 1.38. The van der Waals surface area contributed by atoms with E-state index in [0.29, 0.717) is 12.2 Å². The third-order valence-corrected chi connectivity index (χ3v) is 2.51. The molecule has 1 rings (SSSR count). The molecule has 1 aromatic carbocycles. The summed E-state index contributed by atoms with van der Waals surface area (Å²) in [4.78, 5) is 22.4. The van der Waals surface area contributed by atoms with Gasteiger partial charge in [-0.1, -0.05) is 6.92 Å². The Labute approximate surface area is 115 Å². The van der Waals surface area contributed by atoms with E-state index in [1.165, 1.54) is 25.3 Å². The molecule has 0 aromatic heterocycles. The quantitative estimate of drug-likeness (QED) is 0.430. The summed E-state index contributed by atoms with van der Waals surface area (Å²) in [5.74, 6) is -0.447. The molecule has 0 N–H and O–H groups in total. The van der Waals surface area contributed by atoms with Gasteiger partial charge in [0.15, 0.2) is 0 Å². The van der Waals surface area contributed by atoms with Crippen molar-refractivity contribution in [2.45, 2.75) is 19.4 Å². The summed E-state index contributed by atoms with van der Waals surface area (Å²) in [6.07, 6.45) is -0.730. The van der Waals surface area contributed by atoms with Gasteiger partial charge in [-0.3, -0.25) is 14.9 Å². The molecule has 0 heterocycles. The third kappa shape index (κ3) is 3.52. The molecule has 20 heavy (non-hydrogen) atoms. The van der Waals surface area contributed by atoms with Crippen molar-refractivity contribution in [1.82, 2.24) is 0 Å². The maximum Gasteiger partial charge on any atom is 0.280 e. The zero-order chi connectivity index (χ0) is 15.1. The Bertz CT molecular complexity index is 550. The molecule has 0 saturated carbocycles. The molecule has 0 aliphatic rings. The largest absolute Gasteiger partial charge is 0.497 e. The first kappa shape index (κ1) is 15.6. The van der Waals surface area contributed by atoms with E-state index in [4.69, 9.17) is 14.7 Å². The van der Waals surface area contributed by atoms with Crippen LogP contribution in [0.3, 0.4) is 0 Å². The first-order chi connectivity index (χ1) is 9.54. The lowest BCUT2D eigenvalue weighted by molar-refractivity contribution is -0.385. The van der Waals surface area contributed by atoms with Gasteiger partial charge in [0.2, 0.25) is 11.9 Å². The van der Waals surface area contributed by atoms with Crippen LogP contribution in [0.25, 0.3) is 0 Å². The van der Waals surface area contributed by atoms with Crippen LogP contribution in [0.15, 0.2) is 18.2 Å². The molecule has 106 valence electrons. The second kappa shape index (κ2) is 7.21. The van der Waals surface area contributed by atoms with E-state index in [1.54, 1.807) is 6.07 Å². The third-order valence-electron chi connectivity index (χ3n) is 2.51. The number of rotatable bonds is 7. The Kier molecular flexibility index (Phi) is 5.62. The highest BCUT2D eigenvalue weighted by Crippen LogP contribution is 2.25. The zero-order valence-electron chi connectivity index (χ0n) is 11.2. The summed E-state index contributed by atoms with van der Waals surface area (Å²) in [6, 6.07) is 5.48. The lowest BCUT2D eigenvalue weighted by Crippen LogP contribution is -2.24. The molecule has 1 unspecified atom stereocenters. The van der Waals surface area contributed by atoms with Crippen molar-refractivity contribution in [3.05, 3.63) is 33.9 Å². The SMILES string of the molecule is CCCOC(C#N)C(=O)c1cc(OC)ccc1[N+](=O)[O-].